The summed E-state index contributed by atoms with van der Waals surface area (Å²) < 4.78 is 40.5. The molecule has 0 amide bonds. The van der Waals surface area contributed by atoms with Crippen LogP contribution in [-0.4, -0.2) is 0 Å². The minimum atomic E-state index is -1.29. The Labute approximate surface area is 112 Å². The molecule has 0 aliphatic carbocycles. The van der Waals surface area contributed by atoms with Gasteiger partial charge in [0.25, 0.3) is 0 Å². The van der Waals surface area contributed by atoms with E-state index in [1.165, 1.54) is 18.2 Å². The quantitative estimate of drug-likeness (QED) is 0.887. The van der Waals surface area contributed by atoms with Gasteiger partial charge in [0.2, 0.25) is 0 Å². The molecule has 0 fully saturated rings. The van der Waals surface area contributed by atoms with E-state index in [4.69, 9.17) is 16.9 Å². The Balaban J connectivity index is 2.46. The van der Waals surface area contributed by atoms with E-state index in [-0.39, 0.29) is 16.4 Å². The number of rotatable bonds is 2. The maximum Gasteiger partial charge on any atom is 0.183 e. The van der Waals surface area contributed by atoms with E-state index in [9.17, 15) is 13.2 Å². The zero-order valence-electron chi connectivity index (χ0n) is 9.35. The summed E-state index contributed by atoms with van der Waals surface area (Å²) in [4.78, 5) is 0. The molecule has 96 valence electrons. The van der Waals surface area contributed by atoms with Crippen molar-refractivity contribution in [2.45, 2.75) is 0 Å². The lowest BCUT2D eigenvalue weighted by Crippen LogP contribution is -2.00. The number of anilines is 2. The van der Waals surface area contributed by atoms with Crippen LogP contribution >= 0.6 is 11.6 Å². The Kier molecular flexibility index (Phi) is 3.63. The Morgan fingerprint density at radius 1 is 1.05 bits per heavy atom. The highest BCUT2D eigenvalue weighted by Gasteiger charge is 2.15. The van der Waals surface area contributed by atoms with Gasteiger partial charge in [0.05, 0.1) is 22.0 Å². The molecule has 0 bridgehead atoms. The molecule has 0 saturated heterocycles. The van der Waals surface area contributed by atoms with Crippen molar-refractivity contribution in [2.24, 2.45) is 0 Å². The molecule has 6 heteroatoms. The highest BCUT2D eigenvalue weighted by molar-refractivity contribution is 6.33. The lowest BCUT2D eigenvalue weighted by atomic mass is 10.2. The number of nitrogens with one attached hydrogen (secondary N) is 1. The number of hydrogen-bond acceptors (Lipinski definition) is 2. The zero-order valence-corrected chi connectivity index (χ0v) is 10.1. The molecular formula is C13H6ClF3N2. The molecule has 0 saturated carbocycles. The van der Waals surface area contributed by atoms with Gasteiger partial charge in [0.1, 0.15) is 11.9 Å². The van der Waals surface area contributed by atoms with E-state index in [0.29, 0.717) is 0 Å². The molecule has 0 radical (unpaired) electrons. The van der Waals surface area contributed by atoms with Gasteiger partial charge in [-0.25, -0.2) is 13.2 Å². The molecule has 2 aromatic rings. The van der Waals surface area contributed by atoms with Crippen LogP contribution in [-0.2, 0) is 0 Å². The molecule has 2 rings (SSSR count). The smallest absolute Gasteiger partial charge is 0.183 e. The van der Waals surface area contributed by atoms with Gasteiger partial charge >= 0.3 is 0 Å². The predicted molar refractivity (Wildman–Crippen MR) is 65.8 cm³/mol. The van der Waals surface area contributed by atoms with Crippen molar-refractivity contribution in [1.29, 1.82) is 5.26 Å². The minimum absolute atomic E-state index is 0.0316. The first-order valence-electron chi connectivity index (χ1n) is 5.13. The normalized spacial score (nSPS) is 10.1. The third-order valence-electron chi connectivity index (χ3n) is 2.43. The minimum Gasteiger partial charge on any atom is -0.349 e. The van der Waals surface area contributed by atoms with Crippen molar-refractivity contribution in [3.05, 3.63) is 58.4 Å². The van der Waals surface area contributed by atoms with Crippen LogP contribution in [0.3, 0.4) is 0 Å². The summed E-state index contributed by atoms with van der Waals surface area (Å²) in [7, 11) is 0. The molecule has 2 nitrogen and oxygen atoms in total. The average Bonchev–Trinajstić information content (AvgIpc) is 2.39. The number of benzene rings is 2. The van der Waals surface area contributed by atoms with Gasteiger partial charge < -0.3 is 5.32 Å². The highest BCUT2D eigenvalue weighted by atomic mass is 35.5. The van der Waals surface area contributed by atoms with Gasteiger partial charge in [-0.15, -0.1) is 0 Å². The van der Waals surface area contributed by atoms with Crippen LogP contribution in [0.2, 0.25) is 5.02 Å². The second-order valence-electron chi connectivity index (χ2n) is 3.62. The Morgan fingerprint density at radius 3 is 2.42 bits per heavy atom. The van der Waals surface area contributed by atoms with E-state index < -0.39 is 23.0 Å². The second-order valence-corrected chi connectivity index (χ2v) is 4.03. The number of hydrogen-bond donors (Lipinski definition) is 1. The van der Waals surface area contributed by atoms with Gasteiger partial charge in [0, 0.05) is 0 Å². The lowest BCUT2D eigenvalue weighted by molar-refractivity contribution is 0.509. The molecule has 0 aliphatic rings. The van der Waals surface area contributed by atoms with Gasteiger partial charge in [-0.1, -0.05) is 17.7 Å². The third-order valence-corrected chi connectivity index (χ3v) is 2.74. The van der Waals surface area contributed by atoms with Crippen LogP contribution in [0.1, 0.15) is 5.56 Å². The first kappa shape index (κ1) is 13.2. The molecule has 0 spiro atoms. The summed E-state index contributed by atoms with van der Waals surface area (Å²) in [5.41, 5.74) is -0.890. The van der Waals surface area contributed by atoms with Crippen molar-refractivity contribution in [2.75, 3.05) is 5.32 Å². The van der Waals surface area contributed by atoms with Crippen LogP contribution in [0.4, 0.5) is 24.5 Å². The zero-order chi connectivity index (χ0) is 14.0. The number of halogens is 4. The molecule has 0 aromatic heterocycles. The molecule has 0 unspecified atom stereocenters. The largest absolute Gasteiger partial charge is 0.349 e. The Bertz CT molecular complexity index is 660. The molecule has 0 aliphatic heterocycles. The summed E-state index contributed by atoms with van der Waals surface area (Å²) in [5, 5.41) is 11.0. The van der Waals surface area contributed by atoms with Crippen molar-refractivity contribution < 1.29 is 13.2 Å². The first-order valence-corrected chi connectivity index (χ1v) is 5.51. The Morgan fingerprint density at radius 2 is 1.79 bits per heavy atom. The van der Waals surface area contributed by atoms with Crippen LogP contribution in [0.15, 0.2) is 30.3 Å². The van der Waals surface area contributed by atoms with E-state index in [1.54, 1.807) is 0 Å². The molecule has 19 heavy (non-hydrogen) atoms. The van der Waals surface area contributed by atoms with E-state index in [1.807, 2.05) is 0 Å². The van der Waals surface area contributed by atoms with E-state index >= 15 is 0 Å². The predicted octanol–water partition coefficient (Wildman–Crippen LogP) is 4.37. The maximum atomic E-state index is 13.6. The average molecular weight is 283 g/mol. The maximum absolute atomic E-state index is 13.6. The molecule has 1 N–H and O–H groups in total. The second kappa shape index (κ2) is 5.21. The van der Waals surface area contributed by atoms with Crippen LogP contribution in [0.25, 0.3) is 0 Å². The molecule has 2 aromatic carbocycles. The summed E-state index contributed by atoms with van der Waals surface area (Å²) in [5.74, 6) is -3.25. The van der Waals surface area contributed by atoms with E-state index in [0.717, 1.165) is 18.2 Å². The highest BCUT2D eigenvalue weighted by Crippen LogP contribution is 2.30. The summed E-state index contributed by atoms with van der Waals surface area (Å²) in [6, 6.07) is 7.66. The van der Waals surface area contributed by atoms with Gasteiger partial charge in [-0.3, -0.25) is 0 Å². The molecule has 0 heterocycles. The topological polar surface area (TPSA) is 35.8 Å². The van der Waals surface area contributed by atoms with Crippen LogP contribution < -0.4 is 5.32 Å². The van der Waals surface area contributed by atoms with Crippen molar-refractivity contribution in [3.63, 3.8) is 0 Å². The lowest BCUT2D eigenvalue weighted by Gasteiger charge is -2.11. The summed E-state index contributed by atoms with van der Waals surface area (Å²) >= 11 is 5.76. The fourth-order valence-corrected chi connectivity index (χ4v) is 1.69. The van der Waals surface area contributed by atoms with Crippen molar-refractivity contribution >= 4 is 23.0 Å². The SMILES string of the molecule is N#Cc1ccc(Nc2c(F)cccc2Cl)c(F)c1F. The van der Waals surface area contributed by atoms with Gasteiger partial charge in [-0.05, 0) is 24.3 Å². The standard InChI is InChI=1S/C13H6ClF3N2/c14-8-2-1-3-9(15)13(8)19-10-5-4-7(6-18)11(16)12(10)17/h1-5,19H. The Hall–Kier alpha value is -2.19. The van der Waals surface area contributed by atoms with Gasteiger partial charge in [-0.2, -0.15) is 5.26 Å². The third kappa shape index (κ3) is 2.49. The number of nitrogens with zero attached hydrogens (tertiary/aromatic N) is 1. The summed E-state index contributed by atoms with van der Waals surface area (Å²) in [6.45, 7) is 0. The summed E-state index contributed by atoms with van der Waals surface area (Å²) in [6.07, 6.45) is 0. The fourth-order valence-electron chi connectivity index (χ4n) is 1.48. The number of para-hydroxylation sites is 1. The number of nitriles is 1. The fraction of sp³-hybridized carbons (Fsp3) is 0. The monoisotopic (exact) mass is 282 g/mol. The molecule has 0 atom stereocenters. The van der Waals surface area contributed by atoms with Crippen LogP contribution in [0, 0.1) is 28.8 Å². The van der Waals surface area contributed by atoms with Gasteiger partial charge in [0.15, 0.2) is 11.6 Å². The first-order chi connectivity index (χ1) is 9.04. The van der Waals surface area contributed by atoms with Crippen molar-refractivity contribution in [1.82, 2.24) is 0 Å². The molecular weight excluding hydrogens is 277 g/mol. The van der Waals surface area contributed by atoms with E-state index in [2.05, 4.69) is 5.32 Å². The van der Waals surface area contributed by atoms with Crippen LogP contribution in [0.5, 0.6) is 0 Å². The van der Waals surface area contributed by atoms with Crippen molar-refractivity contribution in [3.8, 4) is 6.07 Å².